The van der Waals surface area contributed by atoms with Crippen molar-refractivity contribution in [3.05, 3.63) is 35.4 Å². The van der Waals surface area contributed by atoms with Gasteiger partial charge in [-0.15, -0.1) is 0 Å². The van der Waals surface area contributed by atoms with Gasteiger partial charge in [-0.3, -0.25) is 0 Å². The lowest BCUT2D eigenvalue weighted by atomic mass is 10.00. The Labute approximate surface area is 99.3 Å². The first-order valence-electron chi connectivity index (χ1n) is 6.50. The Morgan fingerprint density at radius 3 is 2.25 bits per heavy atom. The SMILES string of the molecule is CC(C)Cc1ccc(C(C)NC2CC2)cc1. The minimum Gasteiger partial charge on any atom is -0.307 e. The molecular formula is C15H23N. The third-order valence-corrected chi connectivity index (χ3v) is 3.19. The van der Waals surface area contributed by atoms with Gasteiger partial charge in [-0.25, -0.2) is 0 Å². The molecule has 0 aliphatic heterocycles. The average Bonchev–Trinajstić information content (AvgIpc) is 3.01. The fourth-order valence-electron chi connectivity index (χ4n) is 2.11. The maximum Gasteiger partial charge on any atom is 0.0294 e. The second-order valence-corrected chi connectivity index (χ2v) is 5.50. The van der Waals surface area contributed by atoms with E-state index in [0.29, 0.717) is 6.04 Å². The van der Waals surface area contributed by atoms with E-state index < -0.39 is 0 Å². The van der Waals surface area contributed by atoms with Crippen molar-refractivity contribution in [1.82, 2.24) is 5.32 Å². The summed E-state index contributed by atoms with van der Waals surface area (Å²) in [5.74, 6) is 0.743. The van der Waals surface area contributed by atoms with Crippen LogP contribution in [0.15, 0.2) is 24.3 Å². The van der Waals surface area contributed by atoms with Gasteiger partial charge in [0.05, 0.1) is 0 Å². The molecule has 1 aliphatic carbocycles. The molecule has 1 N–H and O–H groups in total. The molecule has 16 heavy (non-hydrogen) atoms. The number of hydrogen-bond donors (Lipinski definition) is 1. The molecule has 0 heterocycles. The van der Waals surface area contributed by atoms with E-state index in [1.54, 1.807) is 0 Å². The fraction of sp³-hybridized carbons (Fsp3) is 0.600. The topological polar surface area (TPSA) is 12.0 Å². The van der Waals surface area contributed by atoms with Crippen molar-refractivity contribution in [2.75, 3.05) is 0 Å². The summed E-state index contributed by atoms with van der Waals surface area (Å²) >= 11 is 0. The first kappa shape index (κ1) is 11.7. The van der Waals surface area contributed by atoms with E-state index in [0.717, 1.165) is 12.0 Å². The smallest absolute Gasteiger partial charge is 0.0294 e. The van der Waals surface area contributed by atoms with E-state index in [2.05, 4.69) is 50.4 Å². The highest BCUT2D eigenvalue weighted by Gasteiger charge is 2.23. The lowest BCUT2D eigenvalue weighted by Gasteiger charge is -2.14. The molecule has 1 fully saturated rings. The van der Waals surface area contributed by atoms with Gasteiger partial charge in [0.2, 0.25) is 0 Å². The Hall–Kier alpha value is -0.820. The summed E-state index contributed by atoms with van der Waals surface area (Å²) in [6, 6.07) is 10.4. The van der Waals surface area contributed by atoms with E-state index in [9.17, 15) is 0 Å². The van der Waals surface area contributed by atoms with Crippen molar-refractivity contribution in [1.29, 1.82) is 0 Å². The standard InChI is InChI=1S/C15H23N/c1-11(2)10-13-4-6-14(7-5-13)12(3)16-15-8-9-15/h4-7,11-12,15-16H,8-10H2,1-3H3. The van der Waals surface area contributed by atoms with Gasteiger partial charge in [-0.2, -0.15) is 0 Å². The van der Waals surface area contributed by atoms with Crippen LogP contribution in [0.4, 0.5) is 0 Å². The van der Waals surface area contributed by atoms with Gasteiger partial charge >= 0.3 is 0 Å². The van der Waals surface area contributed by atoms with Crippen LogP contribution in [-0.4, -0.2) is 6.04 Å². The Bertz CT molecular complexity index is 322. The highest BCUT2D eigenvalue weighted by Crippen LogP contribution is 2.24. The summed E-state index contributed by atoms with van der Waals surface area (Å²) in [6.45, 7) is 6.80. The molecule has 0 amide bonds. The van der Waals surface area contributed by atoms with Crippen LogP contribution < -0.4 is 5.32 Å². The average molecular weight is 217 g/mol. The molecule has 1 nitrogen and oxygen atoms in total. The third kappa shape index (κ3) is 3.34. The molecule has 1 aromatic rings. The minimum atomic E-state index is 0.501. The maximum absolute atomic E-state index is 3.63. The van der Waals surface area contributed by atoms with Gasteiger partial charge in [-0.1, -0.05) is 38.1 Å². The summed E-state index contributed by atoms with van der Waals surface area (Å²) in [7, 11) is 0. The summed E-state index contributed by atoms with van der Waals surface area (Å²) in [5.41, 5.74) is 2.87. The molecule has 1 heteroatoms. The van der Waals surface area contributed by atoms with Crippen LogP contribution in [-0.2, 0) is 6.42 Å². The first-order valence-corrected chi connectivity index (χ1v) is 6.50. The van der Waals surface area contributed by atoms with Crippen molar-refractivity contribution in [3.8, 4) is 0 Å². The Morgan fingerprint density at radius 2 is 1.75 bits per heavy atom. The molecule has 0 aromatic heterocycles. The molecule has 1 aliphatic rings. The Morgan fingerprint density at radius 1 is 1.12 bits per heavy atom. The zero-order valence-electron chi connectivity index (χ0n) is 10.7. The first-order chi connectivity index (χ1) is 7.65. The van der Waals surface area contributed by atoms with Crippen molar-refractivity contribution < 1.29 is 0 Å². The number of benzene rings is 1. The quantitative estimate of drug-likeness (QED) is 0.793. The van der Waals surface area contributed by atoms with Gasteiger partial charge in [0.25, 0.3) is 0 Å². The van der Waals surface area contributed by atoms with Crippen LogP contribution >= 0.6 is 0 Å². The molecule has 0 spiro atoms. The summed E-state index contributed by atoms with van der Waals surface area (Å²) in [6.07, 6.45) is 3.90. The molecule has 0 radical (unpaired) electrons. The van der Waals surface area contributed by atoms with Gasteiger partial charge in [0.1, 0.15) is 0 Å². The van der Waals surface area contributed by atoms with Gasteiger partial charge in [-0.05, 0) is 43.2 Å². The summed E-state index contributed by atoms with van der Waals surface area (Å²) in [4.78, 5) is 0. The number of rotatable bonds is 5. The Balaban J connectivity index is 1.94. The maximum atomic E-state index is 3.63. The summed E-state index contributed by atoms with van der Waals surface area (Å²) < 4.78 is 0. The van der Waals surface area contributed by atoms with Crippen LogP contribution in [0.3, 0.4) is 0 Å². The minimum absolute atomic E-state index is 0.501. The molecule has 2 rings (SSSR count). The van der Waals surface area contributed by atoms with Crippen LogP contribution in [0.25, 0.3) is 0 Å². The molecule has 1 atom stereocenters. The van der Waals surface area contributed by atoms with Gasteiger partial charge in [0, 0.05) is 12.1 Å². The van der Waals surface area contributed by atoms with Crippen LogP contribution in [0.1, 0.15) is 50.8 Å². The van der Waals surface area contributed by atoms with Crippen LogP contribution in [0, 0.1) is 5.92 Å². The predicted octanol–water partition coefficient (Wildman–Crippen LogP) is 3.70. The second kappa shape index (κ2) is 5.01. The number of nitrogens with one attached hydrogen (secondary N) is 1. The normalized spacial score (nSPS) is 17.8. The summed E-state index contributed by atoms with van der Waals surface area (Å²) in [5, 5.41) is 3.63. The van der Waals surface area contributed by atoms with Gasteiger partial charge < -0.3 is 5.32 Å². The van der Waals surface area contributed by atoms with E-state index in [-0.39, 0.29) is 0 Å². The van der Waals surface area contributed by atoms with E-state index in [1.165, 1.54) is 30.4 Å². The highest BCUT2D eigenvalue weighted by atomic mass is 15.0. The largest absolute Gasteiger partial charge is 0.307 e. The van der Waals surface area contributed by atoms with E-state index >= 15 is 0 Å². The lowest BCUT2D eigenvalue weighted by Crippen LogP contribution is -2.20. The van der Waals surface area contributed by atoms with Crippen molar-refractivity contribution >= 4 is 0 Å². The zero-order valence-corrected chi connectivity index (χ0v) is 10.7. The Kier molecular flexibility index (Phi) is 3.65. The highest BCUT2D eigenvalue weighted by molar-refractivity contribution is 5.25. The fourth-order valence-corrected chi connectivity index (χ4v) is 2.11. The molecule has 0 bridgehead atoms. The molecule has 1 unspecified atom stereocenters. The molecule has 0 saturated heterocycles. The molecular weight excluding hydrogens is 194 g/mol. The van der Waals surface area contributed by atoms with E-state index in [4.69, 9.17) is 0 Å². The van der Waals surface area contributed by atoms with Gasteiger partial charge in [0.15, 0.2) is 0 Å². The van der Waals surface area contributed by atoms with Crippen molar-refractivity contribution in [2.24, 2.45) is 5.92 Å². The molecule has 1 aromatic carbocycles. The second-order valence-electron chi connectivity index (χ2n) is 5.50. The monoisotopic (exact) mass is 217 g/mol. The molecule has 88 valence electrons. The van der Waals surface area contributed by atoms with E-state index in [1.807, 2.05) is 0 Å². The third-order valence-electron chi connectivity index (χ3n) is 3.19. The van der Waals surface area contributed by atoms with Crippen molar-refractivity contribution in [3.63, 3.8) is 0 Å². The number of hydrogen-bond acceptors (Lipinski definition) is 1. The lowest BCUT2D eigenvalue weighted by molar-refractivity contribution is 0.570. The van der Waals surface area contributed by atoms with Crippen molar-refractivity contribution in [2.45, 2.75) is 52.1 Å². The molecule has 1 saturated carbocycles. The zero-order chi connectivity index (χ0) is 11.5. The van der Waals surface area contributed by atoms with Crippen LogP contribution in [0.5, 0.6) is 0 Å². The van der Waals surface area contributed by atoms with Crippen LogP contribution in [0.2, 0.25) is 0 Å². The predicted molar refractivity (Wildman–Crippen MR) is 69.6 cm³/mol.